The van der Waals surface area contributed by atoms with Crippen molar-refractivity contribution >= 4 is 27.9 Å². The predicted molar refractivity (Wildman–Crippen MR) is 105 cm³/mol. The molecule has 148 valence electrons. The highest BCUT2D eigenvalue weighted by atomic mass is 16.5. The van der Waals surface area contributed by atoms with Crippen molar-refractivity contribution in [1.82, 2.24) is 0 Å². The second-order valence-electron chi connectivity index (χ2n) is 6.37. The van der Waals surface area contributed by atoms with E-state index in [-0.39, 0.29) is 19.0 Å². The number of ether oxygens (including phenoxy) is 3. The molecule has 2 heterocycles. The molecule has 0 unspecified atom stereocenters. The molecule has 7 heteroatoms. The Morgan fingerprint density at radius 1 is 0.931 bits per heavy atom. The van der Waals surface area contributed by atoms with E-state index in [4.69, 9.17) is 23.0 Å². The van der Waals surface area contributed by atoms with Gasteiger partial charge in [-0.15, -0.1) is 0 Å². The first-order chi connectivity index (χ1) is 14.1. The summed E-state index contributed by atoms with van der Waals surface area (Å²) in [7, 11) is 3.07. The van der Waals surface area contributed by atoms with Crippen molar-refractivity contribution in [2.24, 2.45) is 0 Å². The number of furan rings is 1. The van der Waals surface area contributed by atoms with Crippen molar-refractivity contribution in [3.8, 4) is 5.75 Å². The van der Waals surface area contributed by atoms with Gasteiger partial charge in [0.15, 0.2) is 0 Å². The van der Waals surface area contributed by atoms with E-state index in [0.717, 1.165) is 5.39 Å². The van der Waals surface area contributed by atoms with E-state index < -0.39 is 11.6 Å². The van der Waals surface area contributed by atoms with E-state index in [1.54, 1.807) is 31.4 Å². The highest BCUT2D eigenvalue weighted by Gasteiger charge is 2.22. The standard InChI is InChI=1S/C22H18O7/c1-25-12-17-16-5-3-4-6-18(16)29-21(17)22(24)27-11-13-9-20(23)28-19-10-14(26-2)7-8-15(13)19/h3-10H,11-12H2,1-2H3. The highest BCUT2D eigenvalue weighted by Crippen LogP contribution is 2.28. The van der Waals surface area contributed by atoms with Gasteiger partial charge in [-0.25, -0.2) is 9.59 Å². The van der Waals surface area contributed by atoms with Crippen molar-refractivity contribution in [3.05, 3.63) is 75.8 Å². The second kappa shape index (κ2) is 7.81. The monoisotopic (exact) mass is 394 g/mol. The first kappa shape index (κ1) is 18.8. The van der Waals surface area contributed by atoms with Crippen molar-refractivity contribution in [3.63, 3.8) is 0 Å². The summed E-state index contributed by atoms with van der Waals surface area (Å²) in [6.45, 7) is 0.0931. The lowest BCUT2D eigenvalue weighted by Crippen LogP contribution is -2.09. The van der Waals surface area contributed by atoms with Gasteiger partial charge < -0.3 is 23.0 Å². The molecular formula is C22H18O7. The van der Waals surface area contributed by atoms with Gasteiger partial charge in [0, 0.05) is 41.1 Å². The minimum absolute atomic E-state index is 0.0852. The van der Waals surface area contributed by atoms with E-state index in [1.807, 2.05) is 18.2 Å². The molecule has 0 saturated carbocycles. The number of hydrogen-bond donors (Lipinski definition) is 0. The van der Waals surface area contributed by atoms with Crippen molar-refractivity contribution in [1.29, 1.82) is 0 Å². The lowest BCUT2D eigenvalue weighted by molar-refractivity contribution is 0.0433. The third-order valence-electron chi connectivity index (χ3n) is 4.57. The first-order valence-electron chi connectivity index (χ1n) is 8.88. The fourth-order valence-electron chi connectivity index (χ4n) is 3.22. The largest absolute Gasteiger partial charge is 0.497 e. The number of benzene rings is 2. The Kier molecular flexibility index (Phi) is 5.05. The Bertz CT molecular complexity index is 1250. The Morgan fingerprint density at radius 3 is 2.55 bits per heavy atom. The number of methoxy groups -OCH3 is 2. The predicted octanol–water partition coefficient (Wildman–Crippen LogP) is 4.05. The molecule has 4 rings (SSSR count). The van der Waals surface area contributed by atoms with E-state index in [9.17, 15) is 9.59 Å². The smallest absolute Gasteiger partial charge is 0.374 e. The SMILES string of the molecule is COCc1c(C(=O)OCc2cc(=O)oc3cc(OC)ccc23)oc2ccccc12. The lowest BCUT2D eigenvalue weighted by atomic mass is 10.1. The summed E-state index contributed by atoms with van der Waals surface area (Å²) >= 11 is 0. The van der Waals surface area contributed by atoms with Crippen LogP contribution in [0.4, 0.5) is 0 Å². The molecule has 0 spiro atoms. The number of rotatable bonds is 6. The van der Waals surface area contributed by atoms with Crippen molar-refractivity contribution < 1.29 is 27.8 Å². The van der Waals surface area contributed by atoms with Gasteiger partial charge in [-0.3, -0.25) is 0 Å². The maximum atomic E-state index is 12.7. The average Bonchev–Trinajstić information content (AvgIpc) is 3.10. The lowest BCUT2D eigenvalue weighted by Gasteiger charge is -2.08. The van der Waals surface area contributed by atoms with E-state index >= 15 is 0 Å². The Labute approximate surface area is 165 Å². The molecule has 2 aromatic carbocycles. The van der Waals surface area contributed by atoms with Crippen LogP contribution in [0.1, 0.15) is 21.7 Å². The molecule has 0 saturated heterocycles. The van der Waals surface area contributed by atoms with Gasteiger partial charge in [-0.2, -0.15) is 0 Å². The summed E-state index contributed by atoms with van der Waals surface area (Å²) in [4.78, 5) is 24.6. The Hall–Kier alpha value is -3.58. The molecule has 0 aliphatic carbocycles. The minimum Gasteiger partial charge on any atom is -0.497 e. The molecule has 29 heavy (non-hydrogen) atoms. The zero-order chi connectivity index (χ0) is 20.4. The van der Waals surface area contributed by atoms with Crippen LogP contribution < -0.4 is 10.4 Å². The van der Waals surface area contributed by atoms with Gasteiger partial charge in [0.05, 0.1) is 13.7 Å². The summed E-state index contributed by atoms with van der Waals surface area (Å²) in [6.07, 6.45) is 0. The van der Waals surface area contributed by atoms with Crippen LogP contribution in [0.5, 0.6) is 5.75 Å². The van der Waals surface area contributed by atoms with Crippen LogP contribution in [-0.4, -0.2) is 20.2 Å². The zero-order valence-corrected chi connectivity index (χ0v) is 15.9. The molecule has 4 aromatic rings. The zero-order valence-electron chi connectivity index (χ0n) is 15.9. The summed E-state index contributed by atoms with van der Waals surface area (Å²) in [6, 6.07) is 13.7. The third-order valence-corrected chi connectivity index (χ3v) is 4.57. The minimum atomic E-state index is -0.636. The molecule has 7 nitrogen and oxygen atoms in total. The highest BCUT2D eigenvalue weighted by molar-refractivity contribution is 5.96. The quantitative estimate of drug-likeness (QED) is 0.360. The Balaban J connectivity index is 1.65. The summed E-state index contributed by atoms with van der Waals surface area (Å²) in [5, 5.41) is 1.44. The number of para-hydroxylation sites is 1. The summed E-state index contributed by atoms with van der Waals surface area (Å²) in [5.74, 6) is 0.00595. The van der Waals surface area contributed by atoms with E-state index in [1.165, 1.54) is 13.2 Å². The van der Waals surface area contributed by atoms with Gasteiger partial charge in [0.25, 0.3) is 0 Å². The second-order valence-corrected chi connectivity index (χ2v) is 6.37. The van der Waals surface area contributed by atoms with Gasteiger partial charge in [0.1, 0.15) is 23.5 Å². The molecule has 0 fully saturated rings. The molecule has 0 radical (unpaired) electrons. The van der Waals surface area contributed by atoms with Crippen LogP contribution in [-0.2, 0) is 22.7 Å². The number of esters is 1. The van der Waals surface area contributed by atoms with Gasteiger partial charge in [-0.05, 0) is 18.2 Å². The van der Waals surface area contributed by atoms with Gasteiger partial charge in [-0.1, -0.05) is 18.2 Å². The van der Waals surface area contributed by atoms with Crippen LogP contribution in [0.15, 0.2) is 62.2 Å². The van der Waals surface area contributed by atoms with Crippen molar-refractivity contribution in [2.45, 2.75) is 13.2 Å². The molecule has 0 amide bonds. The number of fused-ring (bicyclic) bond motifs is 2. The maximum Gasteiger partial charge on any atom is 0.374 e. The van der Waals surface area contributed by atoms with Crippen molar-refractivity contribution in [2.75, 3.05) is 14.2 Å². The fraction of sp³-hybridized carbons (Fsp3) is 0.182. The molecule has 0 aliphatic rings. The van der Waals surface area contributed by atoms with Crippen LogP contribution in [0, 0.1) is 0 Å². The maximum absolute atomic E-state index is 12.7. The molecule has 2 aromatic heterocycles. The number of hydrogen-bond acceptors (Lipinski definition) is 7. The Morgan fingerprint density at radius 2 is 1.76 bits per heavy atom. The fourth-order valence-corrected chi connectivity index (χ4v) is 3.22. The van der Waals surface area contributed by atoms with Crippen LogP contribution in [0.25, 0.3) is 21.9 Å². The van der Waals surface area contributed by atoms with Gasteiger partial charge in [0.2, 0.25) is 5.76 Å². The summed E-state index contributed by atoms with van der Waals surface area (Å²) < 4.78 is 26.7. The molecule has 0 atom stereocenters. The van der Waals surface area contributed by atoms with E-state index in [2.05, 4.69) is 0 Å². The van der Waals surface area contributed by atoms with Gasteiger partial charge >= 0.3 is 11.6 Å². The van der Waals surface area contributed by atoms with Crippen LogP contribution in [0.3, 0.4) is 0 Å². The first-order valence-corrected chi connectivity index (χ1v) is 8.88. The number of carbonyl (C=O) groups is 1. The molecular weight excluding hydrogens is 376 g/mol. The average molecular weight is 394 g/mol. The normalized spacial score (nSPS) is 11.1. The molecule has 0 bridgehead atoms. The topological polar surface area (TPSA) is 88.1 Å². The van der Waals surface area contributed by atoms with Crippen LogP contribution in [0.2, 0.25) is 0 Å². The van der Waals surface area contributed by atoms with E-state index in [0.29, 0.717) is 33.4 Å². The molecule has 0 N–H and O–H groups in total. The number of carbonyl (C=O) groups excluding carboxylic acids is 1. The summed E-state index contributed by atoms with van der Waals surface area (Å²) in [5.41, 5.74) is 1.53. The molecule has 0 aliphatic heterocycles. The van der Waals surface area contributed by atoms with Crippen LogP contribution >= 0.6 is 0 Å². The third kappa shape index (κ3) is 3.60.